The van der Waals surface area contributed by atoms with E-state index >= 15 is 0 Å². The average molecular weight is 1160 g/mol. The van der Waals surface area contributed by atoms with Crippen molar-refractivity contribution in [3.8, 4) is 0 Å². The lowest BCUT2D eigenvalue weighted by Gasteiger charge is -2.53. The molecule has 0 saturated carbocycles. The predicted octanol–water partition coefficient (Wildman–Crippen LogP) is -14.6. The molecule has 36 nitrogen and oxygen atoms in total. The summed E-state index contributed by atoms with van der Waals surface area (Å²) in [5.41, 5.74) is 0. The van der Waals surface area contributed by atoms with Crippen molar-refractivity contribution >= 4 is 17.8 Å². The molecule has 22 N–H and O–H groups in total. The van der Waals surface area contributed by atoms with Crippen LogP contribution in [0.1, 0.15) is 20.3 Å². The van der Waals surface area contributed by atoms with Crippen LogP contribution in [0.25, 0.3) is 0 Å². The fraction of sp³-hybridized carbons (Fsp3) is 0.930. The number of carboxylic acid groups (broad SMARTS) is 1. The van der Waals surface area contributed by atoms with Crippen LogP contribution in [0.4, 0.5) is 0 Å². The number of nitrogens with one attached hydrogen (secondary N) is 2. The molecular weight excluding hydrogens is 1090 g/mol. The summed E-state index contributed by atoms with van der Waals surface area (Å²) in [5, 5.41) is 219. The Balaban J connectivity index is 1.40. The van der Waals surface area contributed by atoms with Crippen molar-refractivity contribution < 1.29 is 169 Å². The number of hydrogen-bond donors (Lipinski definition) is 22. The smallest absolute Gasteiger partial charge is 0.364 e. The maximum Gasteiger partial charge on any atom is 0.364 e. The van der Waals surface area contributed by atoms with Crippen molar-refractivity contribution in [1.82, 2.24) is 10.6 Å². The minimum absolute atomic E-state index is 0.884. The molecule has 31 atom stereocenters. The third kappa shape index (κ3) is 13.9. The van der Waals surface area contributed by atoms with E-state index in [4.69, 9.17) is 52.1 Å². The second kappa shape index (κ2) is 27.7. The summed E-state index contributed by atoms with van der Waals surface area (Å²) in [6.45, 7) is -4.81. The zero-order valence-electron chi connectivity index (χ0n) is 41.9. The Bertz CT molecular complexity index is 1970. The third-order valence-electron chi connectivity index (χ3n) is 14.2. The number of rotatable bonds is 21. The molecule has 0 bridgehead atoms. The number of ether oxygens (including phenoxy) is 11. The largest absolute Gasteiger partial charge is 0.477 e. The molecule has 0 aromatic rings. The van der Waals surface area contributed by atoms with Crippen LogP contribution in [0.3, 0.4) is 0 Å². The lowest BCUT2D eigenvalue weighted by Crippen LogP contribution is -2.72. The summed E-state index contributed by atoms with van der Waals surface area (Å²) in [7, 11) is 0. The van der Waals surface area contributed by atoms with Gasteiger partial charge in [-0.15, -0.1) is 0 Å². The molecule has 0 spiro atoms. The van der Waals surface area contributed by atoms with Crippen molar-refractivity contribution in [2.24, 2.45) is 0 Å². The maximum atomic E-state index is 13.5. The standard InChI is InChI=1S/C43H72N2O34/c1-10(52)44-19-12(54)3-43(42(67)68,78-34(19)21(56)13(55)4-46)79-36-30(65)41(74-31-17(8-50)69-37(66)27(62)26(31)61)73-18(9-51)32(36)75-38-20(45-11(2)53)33(23(58)15(6-48)70-38)76-40-29(64)35(24(59)16(7-49)72-40)77-39-28(63)25(60)22(57)14(5-47)71-39/h12-41,46-51,54-66H,3-9H2,1-2H3,(H,44,52)(H,45,53)(H,67,68)/t12-,13+,14+,15+,16+,17+,18+,19+,20+,21+,22-,23-,24-,25-,26+,27+,28+,29+,30+,31+,32-,33+,34+,35-,36+,37+,38-,39+,40-,41-,43-/m0/s1. The van der Waals surface area contributed by atoms with Gasteiger partial charge in [-0.05, 0) is 0 Å². The van der Waals surface area contributed by atoms with Gasteiger partial charge in [-0.3, -0.25) is 9.59 Å². The SMILES string of the molecule is CC(=O)N[C@H]1[C@H](O[C@@H]2[C@H](O[C@]3(C(=O)O)C[C@H](O)[C@@H](NC(C)=O)[C@H]([C@H](O)[C@H](O)CO)O3)[C@@H](O)[C@H](O[C@H]3[C@H](O)[C@@H](O)[C@H](O)O[C@@H]3CO)O[C@@H]2CO)O[C@H](CO)[C@H](O)[C@@H]1O[C@@H]1O[C@H](CO)[C@H](O)[C@H](O[C@H]2O[C@H](CO)[C@H](O)[C@H](O)[C@H]2O)[C@H]1O. The number of aliphatic carboxylic acids is 1. The minimum atomic E-state index is -3.39. The fourth-order valence-corrected chi connectivity index (χ4v) is 10.0. The molecule has 458 valence electrons. The molecule has 6 fully saturated rings. The van der Waals surface area contributed by atoms with Crippen LogP contribution in [0, 0.1) is 0 Å². The molecule has 2 amide bonds. The van der Waals surface area contributed by atoms with Gasteiger partial charge in [0.1, 0.15) is 140 Å². The van der Waals surface area contributed by atoms with E-state index in [1.807, 2.05) is 0 Å². The molecule has 0 aromatic carbocycles. The van der Waals surface area contributed by atoms with Gasteiger partial charge in [0, 0.05) is 20.3 Å². The number of carbonyl (C=O) groups is 3. The summed E-state index contributed by atoms with van der Waals surface area (Å²) >= 11 is 0. The number of hydrogen-bond acceptors (Lipinski definition) is 33. The Morgan fingerprint density at radius 2 is 0.937 bits per heavy atom. The molecule has 6 aliphatic rings. The van der Waals surface area contributed by atoms with E-state index in [1.54, 1.807) is 0 Å². The van der Waals surface area contributed by atoms with E-state index in [9.17, 15) is 117 Å². The number of aliphatic hydroxyl groups is 19. The van der Waals surface area contributed by atoms with E-state index in [1.165, 1.54) is 0 Å². The van der Waals surface area contributed by atoms with Crippen molar-refractivity contribution in [2.45, 2.75) is 210 Å². The lowest BCUT2D eigenvalue weighted by atomic mass is 9.88. The van der Waals surface area contributed by atoms with Gasteiger partial charge >= 0.3 is 5.97 Å². The fourth-order valence-electron chi connectivity index (χ4n) is 10.0. The van der Waals surface area contributed by atoms with E-state index < -0.39 is 254 Å². The lowest BCUT2D eigenvalue weighted by molar-refractivity contribution is -0.403. The third-order valence-corrected chi connectivity index (χ3v) is 14.2. The van der Waals surface area contributed by atoms with Gasteiger partial charge in [0.25, 0.3) is 5.79 Å². The molecule has 36 heteroatoms. The van der Waals surface area contributed by atoms with E-state index in [0.29, 0.717) is 0 Å². The molecule has 6 aliphatic heterocycles. The highest BCUT2D eigenvalue weighted by atomic mass is 16.8. The van der Waals surface area contributed by atoms with Crippen LogP contribution in [0.5, 0.6) is 0 Å². The molecule has 6 saturated heterocycles. The number of carbonyl (C=O) groups excluding carboxylic acids is 2. The van der Waals surface area contributed by atoms with Gasteiger partial charge in [0.2, 0.25) is 11.8 Å². The Labute approximate surface area is 446 Å². The first kappa shape index (κ1) is 65.4. The second-order valence-corrected chi connectivity index (χ2v) is 19.7. The van der Waals surface area contributed by atoms with Gasteiger partial charge < -0.3 is 165 Å². The highest BCUT2D eigenvalue weighted by molar-refractivity contribution is 5.76. The minimum Gasteiger partial charge on any atom is -0.477 e. The zero-order chi connectivity index (χ0) is 58.7. The zero-order valence-corrected chi connectivity index (χ0v) is 41.9. The predicted molar refractivity (Wildman–Crippen MR) is 240 cm³/mol. The summed E-state index contributed by atoms with van der Waals surface area (Å²) < 4.78 is 63.3. The molecule has 0 radical (unpaired) electrons. The summed E-state index contributed by atoms with van der Waals surface area (Å²) in [5.74, 6) is -7.44. The highest BCUT2D eigenvalue weighted by Gasteiger charge is 2.62. The summed E-state index contributed by atoms with van der Waals surface area (Å²) in [4.78, 5) is 38.8. The average Bonchev–Trinajstić information content (AvgIpc) is 3.62. The number of amides is 2. The summed E-state index contributed by atoms with van der Waals surface area (Å²) in [6, 6.07) is -3.76. The van der Waals surface area contributed by atoms with Gasteiger partial charge in [0.05, 0.1) is 51.8 Å². The molecule has 0 aliphatic carbocycles. The topological polar surface area (TPSA) is 581 Å². The van der Waals surface area contributed by atoms with Crippen LogP contribution < -0.4 is 10.6 Å². The number of carboxylic acids is 1. The van der Waals surface area contributed by atoms with Crippen LogP contribution >= 0.6 is 0 Å². The Morgan fingerprint density at radius 1 is 0.494 bits per heavy atom. The Hall–Kier alpha value is -2.79. The van der Waals surface area contributed by atoms with Gasteiger partial charge in [0.15, 0.2) is 31.5 Å². The van der Waals surface area contributed by atoms with Gasteiger partial charge in [-0.1, -0.05) is 0 Å². The molecule has 79 heavy (non-hydrogen) atoms. The van der Waals surface area contributed by atoms with Crippen LogP contribution in [-0.2, 0) is 66.5 Å². The van der Waals surface area contributed by atoms with Crippen molar-refractivity contribution in [1.29, 1.82) is 0 Å². The van der Waals surface area contributed by atoms with Crippen molar-refractivity contribution in [2.75, 3.05) is 39.6 Å². The highest BCUT2D eigenvalue weighted by Crippen LogP contribution is 2.41. The molecule has 6 rings (SSSR count). The molecule has 0 aromatic heterocycles. The second-order valence-electron chi connectivity index (χ2n) is 19.7. The Kier molecular flexibility index (Phi) is 22.9. The van der Waals surface area contributed by atoms with Crippen molar-refractivity contribution in [3.05, 3.63) is 0 Å². The molecule has 6 heterocycles. The van der Waals surface area contributed by atoms with Crippen LogP contribution in [-0.4, -0.2) is 349 Å². The van der Waals surface area contributed by atoms with Gasteiger partial charge in [-0.2, -0.15) is 0 Å². The first-order chi connectivity index (χ1) is 37.2. The first-order valence-corrected chi connectivity index (χ1v) is 24.8. The van der Waals surface area contributed by atoms with Crippen LogP contribution in [0.15, 0.2) is 0 Å². The van der Waals surface area contributed by atoms with Crippen molar-refractivity contribution in [3.63, 3.8) is 0 Å². The number of aliphatic hydroxyl groups excluding tert-OH is 19. The first-order valence-electron chi connectivity index (χ1n) is 24.8. The molecule has 0 unspecified atom stereocenters. The van der Waals surface area contributed by atoms with Crippen LogP contribution in [0.2, 0.25) is 0 Å². The van der Waals surface area contributed by atoms with Gasteiger partial charge in [-0.25, -0.2) is 4.79 Å². The maximum absolute atomic E-state index is 13.5. The molecular formula is C43H72N2O34. The van der Waals surface area contributed by atoms with E-state index in [0.717, 1.165) is 13.8 Å². The summed E-state index contributed by atoms with van der Waals surface area (Å²) in [6.07, 6.45) is -60.1. The quantitative estimate of drug-likeness (QED) is 0.0507. The van der Waals surface area contributed by atoms with E-state index in [-0.39, 0.29) is 0 Å². The monoisotopic (exact) mass is 1160 g/mol. The van der Waals surface area contributed by atoms with E-state index in [2.05, 4.69) is 10.6 Å². The normalized spacial score (nSPS) is 47.7. The Morgan fingerprint density at radius 3 is 1.47 bits per heavy atom.